The topological polar surface area (TPSA) is 64.3 Å². The van der Waals surface area contributed by atoms with Crippen LogP contribution >= 0.6 is 0 Å². The quantitative estimate of drug-likeness (QED) is 0.845. The number of carbonyl (C=O) groups excluding carboxylic acids is 1. The third kappa shape index (κ3) is 3.68. The zero-order valence-corrected chi connectivity index (χ0v) is 10.4. The molecule has 2 aromatic rings. The number of carbonyl (C=O) groups is 1. The predicted octanol–water partition coefficient (Wildman–Crippen LogP) is 2.56. The summed E-state index contributed by atoms with van der Waals surface area (Å²) >= 11 is 0. The van der Waals surface area contributed by atoms with Crippen LogP contribution in [-0.4, -0.2) is 12.5 Å². The Morgan fingerprint density at radius 1 is 1.20 bits per heavy atom. The Hall–Kier alpha value is -2.63. The van der Waals surface area contributed by atoms with E-state index in [1.54, 1.807) is 0 Å². The van der Waals surface area contributed by atoms with E-state index in [0.717, 1.165) is 12.1 Å². The van der Waals surface area contributed by atoms with Crippen molar-refractivity contribution < 1.29 is 18.3 Å². The van der Waals surface area contributed by atoms with Crippen molar-refractivity contribution in [2.24, 2.45) is 0 Å². The van der Waals surface area contributed by atoms with Crippen molar-refractivity contribution in [3.05, 3.63) is 54.1 Å². The molecule has 0 spiro atoms. The Bertz CT molecular complexity index is 632. The number of hydrogen-bond donors (Lipinski definition) is 2. The lowest BCUT2D eigenvalue weighted by atomic mass is 10.2. The van der Waals surface area contributed by atoms with E-state index in [2.05, 4.69) is 5.32 Å². The van der Waals surface area contributed by atoms with Crippen molar-refractivity contribution in [1.82, 2.24) is 0 Å². The lowest BCUT2D eigenvalue weighted by Crippen LogP contribution is -2.20. The fraction of sp³-hybridized carbons (Fsp3) is 0.0714. The minimum atomic E-state index is -0.599. The van der Waals surface area contributed by atoms with Gasteiger partial charge in [-0.3, -0.25) is 4.79 Å². The summed E-state index contributed by atoms with van der Waals surface area (Å²) in [6.45, 7) is -0.363. The van der Waals surface area contributed by atoms with Gasteiger partial charge in [0.1, 0.15) is 17.4 Å². The standard InChI is InChI=1S/C14H12F2N2O2/c15-9-2-1-3-11(6-9)20-8-14(19)18-13-7-10(17)4-5-12(13)16/h1-7H,8,17H2,(H,18,19). The molecule has 1 amide bonds. The number of hydrogen-bond acceptors (Lipinski definition) is 3. The van der Waals surface area contributed by atoms with E-state index < -0.39 is 17.5 Å². The van der Waals surface area contributed by atoms with Gasteiger partial charge in [-0.2, -0.15) is 0 Å². The van der Waals surface area contributed by atoms with E-state index in [9.17, 15) is 13.6 Å². The number of nitrogens with one attached hydrogen (secondary N) is 1. The Kier molecular flexibility index (Phi) is 4.14. The van der Waals surface area contributed by atoms with Crippen molar-refractivity contribution in [1.29, 1.82) is 0 Å². The minimum absolute atomic E-state index is 0.0298. The van der Waals surface area contributed by atoms with Crippen molar-refractivity contribution >= 4 is 17.3 Å². The predicted molar refractivity (Wildman–Crippen MR) is 71.3 cm³/mol. The van der Waals surface area contributed by atoms with E-state index >= 15 is 0 Å². The molecule has 0 aromatic heterocycles. The molecule has 4 nitrogen and oxygen atoms in total. The number of benzene rings is 2. The van der Waals surface area contributed by atoms with Crippen LogP contribution in [0.5, 0.6) is 5.75 Å². The number of nitrogens with two attached hydrogens (primary N) is 1. The molecule has 20 heavy (non-hydrogen) atoms. The fourth-order valence-corrected chi connectivity index (χ4v) is 1.53. The summed E-state index contributed by atoms with van der Waals surface area (Å²) in [4.78, 5) is 11.6. The van der Waals surface area contributed by atoms with Crippen LogP contribution in [0.15, 0.2) is 42.5 Å². The van der Waals surface area contributed by atoms with Gasteiger partial charge in [0.2, 0.25) is 0 Å². The maximum atomic E-state index is 13.4. The molecule has 104 valence electrons. The fourth-order valence-electron chi connectivity index (χ4n) is 1.53. The average molecular weight is 278 g/mol. The Morgan fingerprint density at radius 2 is 2.00 bits per heavy atom. The molecule has 0 radical (unpaired) electrons. The average Bonchev–Trinajstić information content (AvgIpc) is 2.41. The zero-order valence-electron chi connectivity index (χ0n) is 10.4. The van der Waals surface area contributed by atoms with Crippen LogP contribution in [-0.2, 0) is 4.79 Å². The molecule has 0 fully saturated rings. The highest BCUT2D eigenvalue weighted by Crippen LogP contribution is 2.17. The molecule has 0 aliphatic rings. The number of rotatable bonds is 4. The highest BCUT2D eigenvalue weighted by molar-refractivity contribution is 5.92. The number of anilines is 2. The highest BCUT2D eigenvalue weighted by Gasteiger charge is 2.08. The second-order valence-corrected chi connectivity index (χ2v) is 4.03. The summed E-state index contributed by atoms with van der Waals surface area (Å²) in [6, 6.07) is 9.21. The van der Waals surface area contributed by atoms with E-state index in [1.807, 2.05) is 0 Å². The molecule has 3 N–H and O–H groups in total. The van der Waals surface area contributed by atoms with E-state index in [0.29, 0.717) is 5.69 Å². The second kappa shape index (κ2) is 6.01. The third-order valence-corrected chi connectivity index (χ3v) is 2.43. The van der Waals surface area contributed by atoms with Crippen LogP contribution in [0.25, 0.3) is 0 Å². The van der Waals surface area contributed by atoms with Crippen LogP contribution in [0, 0.1) is 11.6 Å². The van der Waals surface area contributed by atoms with Crippen molar-refractivity contribution in [3.8, 4) is 5.75 Å². The molecule has 2 aromatic carbocycles. The van der Waals surface area contributed by atoms with E-state index in [1.165, 1.54) is 30.3 Å². The van der Waals surface area contributed by atoms with Crippen LogP contribution in [0.1, 0.15) is 0 Å². The molecule has 0 saturated heterocycles. The van der Waals surface area contributed by atoms with Gasteiger partial charge in [0.05, 0.1) is 5.69 Å². The monoisotopic (exact) mass is 278 g/mol. The smallest absolute Gasteiger partial charge is 0.262 e. The molecule has 0 heterocycles. The van der Waals surface area contributed by atoms with Gasteiger partial charge < -0.3 is 15.8 Å². The summed E-state index contributed by atoms with van der Waals surface area (Å²) in [5.74, 6) is -1.42. The summed E-state index contributed by atoms with van der Waals surface area (Å²) in [6.07, 6.45) is 0. The van der Waals surface area contributed by atoms with Gasteiger partial charge in [-0.15, -0.1) is 0 Å². The normalized spacial score (nSPS) is 10.1. The van der Waals surface area contributed by atoms with Crippen LogP contribution in [0.3, 0.4) is 0 Å². The number of amides is 1. The maximum Gasteiger partial charge on any atom is 0.262 e. The van der Waals surface area contributed by atoms with Crippen molar-refractivity contribution in [3.63, 3.8) is 0 Å². The Labute approximate surface area is 114 Å². The molecule has 0 unspecified atom stereocenters. The van der Waals surface area contributed by atoms with Gasteiger partial charge in [-0.1, -0.05) is 6.07 Å². The highest BCUT2D eigenvalue weighted by atomic mass is 19.1. The van der Waals surface area contributed by atoms with Crippen molar-refractivity contribution in [2.75, 3.05) is 17.7 Å². The number of ether oxygens (including phenoxy) is 1. The lowest BCUT2D eigenvalue weighted by molar-refractivity contribution is -0.118. The van der Waals surface area contributed by atoms with Crippen LogP contribution in [0.4, 0.5) is 20.2 Å². The first-order chi connectivity index (χ1) is 9.54. The number of halogens is 2. The van der Waals surface area contributed by atoms with Gasteiger partial charge in [-0.25, -0.2) is 8.78 Å². The summed E-state index contributed by atoms with van der Waals surface area (Å²) < 4.78 is 31.4. The molecule has 0 saturated carbocycles. The SMILES string of the molecule is Nc1ccc(F)c(NC(=O)COc2cccc(F)c2)c1. The summed E-state index contributed by atoms with van der Waals surface area (Å²) in [7, 11) is 0. The largest absolute Gasteiger partial charge is 0.484 e. The third-order valence-electron chi connectivity index (χ3n) is 2.43. The van der Waals surface area contributed by atoms with Gasteiger partial charge in [-0.05, 0) is 30.3 Å². The first-order valence-corrected chi connectivity index (χ1v) is 5.78. The molecule has 2 rings (SSSR count). The Morgan fingerprint density at radius 3 is 2.75 bits per heavy atom. The van der Waals surface area contributed by atoms with E-state index in [-0.39, 0.29) is 18.0 Å². The van der Waals surface area contributed by atoms with Gasteiger partial charge in [0.15, 0.2) is 6.61 Å². The van der Waals surface area contributed by atoms with Gasteiger partial charge in [0.25, 0.3) is 5.91 Å². The molecular weight excluding hydrogens is 266 g/mol. The molecular formula is C14H12F2N2O2. The number of nitrogen functional groups attached to an aromatic ring is 1. The Balaban J connectivity index is 1.94. The van der Waals surface area contributed by atoms with E-state index in [4.69, 9.17) is 10.5 Å². The van der Waals surface area contributed by atoms with Crippen LogP contribution in [0.2, 0.25) is 0 Å². The van der Waals surface area contributed by atoms with Gasteiger partial charge in [0, 0.05) is 11.8 Å². The summed E-state index contributed by atoms with van der Waals surface area (Å²) in [5.41, 5.74) is 5.79. The molecule has 6 heteroatoms. The first-order valence-electron chi connectivity index (χ1n) is 5.78. The summed E-state index contributed by atoms with van der Waals surface area (Å²) in [5, 5.41) is 2.32. The van der Waals surface area contributed by atoms with Gasteiger partial charge >= 0.3 is 0 Å². The first kappa shape index (κ1) is 13.8. The lowest BCUT2D eigenvalue weighted by Gasteiger charge is -2.08. The minimum Gasteiger partial charge on any atom is -0.484 e. The molecule has 0 aliphatic heterocycles. The second-order valence-electron chi connectivity index (χ2n) is 4.03. The molecule has 0 aliphatic carbocycles. The van der Waals surface area contributed by atoms with Crippen molar-refractivity contribution in [2.45, 2.75) is 0 Å². The zero-order chi connectivity index (χ0) is 14.5. The molecule has 0 atom stereocenters. The van der Waals surface area contributed by atoms with Crippen LogP contribution < -0.4 is 15.8 Å². The maximum absolute atomic E-state index is 13.4. The molecule has 0 bridgehead atoms.